The molecule has 138 valence electrons. The summed E-state index contributed by atoms with van der Waals surface area (Å²) in [5, 5.41) is 5.72. The SMILES string of the molecule is O=C(CCCNC(=O)c1ccc(Cl)cc1)Nc1ccc(C(F)(F)F)cc1. The lowest BCUT2D eigenvalue weighted by Crippen LogP contribution is -2.25. The van der Waals surface area contributed by atoms with Crippen molar-refractivity contribution in [1.82, 2.24) is 5.32 Å². The highest BCUT2D eigenvalue weighted by Crippen LogP contribution is 2.29. The van der Waals surface area contributed by atoms with E-state index in [1.54, 1.807) is 24.3 Å². The lowest BCUT2D eigenvalue weighted by molar-refractivity contribution is -0.137. The first-order valence-corrected chi connectivity index (χ1v) is 8.14. The van der Waals surface area contributed by atoms with Gasteiger partial charge in [-0.1, -0.05) is 11.6 Å². The molecule has 2 aromatic carbocycles. The van der Waals surface area contributed by atoms with Crippen molar-refractivity contribution >= 4 is 29.1 Å². The minimum Gasteiger partial charge on any atom is -0.352 e. The topological polar surface area (TPSA) is 58.2 Å². The fourth-order valence-corrected chi connectivity index (χ4v) is 2.25. The number of hydrogen-bond acceptors (Lipinski definition) is 2. The van der Waals surface area contributed by atoms with Crippen molar-refractivity contribution in [2.24, 2.45) is 0 Å². The summed E-state index contributed by atoms with van der Waals surface area (Å²) in [6.45, 7) is 0.294. The Morgan fingerprint density at radius 2 is 1.58 bits per heavy atom. The molecule has 0 aliphatic heterocycles. The molecule has 2 amide bonds. The summed E-state index contributed by atoms with van der Waals surface area (Å²) in [6, 6.07) is 10.6. The van der Waals surface area contributed by atoms with E-state index in [-0.39, 0.29) is 23.9 Å². The minimum atomic E-state index is -4.41. The van der Waals surface area contributed by atoms with Crippen LogP contribution in [0.15, 0.2) is 48.5 Å². The van der Waals surface area contributed by atoms with Gasteiger partial charge in [-0.15, -0.1) is 0 Å². The molecule has 0 unspecified atom stereocenters. The Morgan fingerprint density at radius 3 is 2.15 bits per heavy atom. The van der Waals surface area contributed by atoms with Crippen LogP contribution in [-0.4, -0.2) is 18.4 Å². The molecule has 0 atom stereocenters. The number of hydrogen-bond donors (Lipinski definition) is 2. The van der Waals surface area contributed by atoms with Crippen LogP contribution in [-0.2, 0) is 11.0 Å². The third kappa shape index (κ3) is 6.07. The Labute approximate surface area is 153 Å². The predicted molar refractivity (Wildman–Crippen MR) is 93.1 cm³/mol. The van der Waals surface area contributed by atoms with Gasteiger partial charge in [0.2, 0.25) is 5.91 Å². The zero-order valence-electron chi connectivity index (χ0n) is 13.6. The van der Waals surface area contributed by atoms with Gasteiger partial charge in [-0.05, 0) is 55.0 Å². The molecule has 4 nitrogen and oxygen atoms in total. The molecule has 0 saturated heterocycles. The molecule has 0 aromatic heterocycles. The van der Waals surface area contributed by atoms with Gasteiger partial charge in [-0.25, -0.2) is 0 Å². The maximum atomic E-state index is 12.5. The molecule has 2 aromatic rings. The Morgan fingerprint density at radius 1 is 0.962 bits per heavy atom. The van der Waals surface area contributed by atoms with Crippen LogP contribution in [0.5, 0.6) is 0 Å². The predicted octanol–water partition coefficient (Wildman–Crippen LogP) is 4.51. The summed E-state index contributed by atoms with van der Waals surface area (Å²) < 4.78 is 37.4. The number of alkyl halides is 3. The zero-order chi connectivity index (χ0) is 19.2. The van der Waals surface area contributed by atoms with E-state index >= 15 is 0 Å². The number of benzene rings is 2. The van der Waals surface area contributed by atoms with E-state index in [2.05, 4.69) is 10.6 Å². The normalized spacial score (nSPS) is 11.1. The highest BCUT2D eigenvalue weighted by molar-refractivity contribution is 6.30. The smallest absolute Gasteiger partial charge is 0.352 e. The van der Waals surface area contributed by atoms with Gasteiger partial charge >= 0.3 is 6.18 Å². The van der Waals surface area contributed by atoms with Gasteiger partial charge in [0.05, 0.1) is 5.56 Å². The molecular formula is C18H16ClF3N2O2. The summed E-state index contributed by atoms with van der Waals surface area (Å²) in [6.07, 6.45) is -3.89. The molecule has 0 radical (unpaired) electrons. The molecule has 0 heterocycles. The lowest BCUT2D eigenvalue weighted by Gasteiger charge is -2.09. The van der Waals surface area contributed by atoms with E-state index in [0.717, 1.165) is 12.1 Å². The number of amides is 2. The van der Waals surface area contributed by atoms with Crippen molar-refractivity contribution in [1.29, 1.82) is 0 Å². The number of anilines is 1. The summed E-state index contributed by atoms with van der Waals surface area (Å²) in [5.74, 6) is -0.615. The number of carbonyl (C=O) groups is 2. The average molecular weight is 385 g/mol. The maximum Gasteiger partial charge on any atom is 0.416 e. The van der Waals surface area contributed by atoms with Crippen LogP contribution in [0.4, 0.5) is 18.9 Å². The first-order chi connectivity index (χ1) is 12.3. The van der Waals surface area contributed by atoms with Crippen LogP contribution < -0.4 is 10.6 Å². The van der Waals surface area contributed by atoms with Crippen molar-refractivity contribution in [3.63, 3.8) is 0 Å². The Bertz CT molecular complexity index is 760. The van der Waals surface area contributed by atoms with Crippen LogP contribution >= 0.6 is 11.6 Å². The second-order valence-electron chi connectivity index (χ2n) is 5.49. The Balaban J connectivity index is 1.72. The van der Waals surface area contributed by atoms with E-state index in [1.165, 1.54) is 12.1 Å². The van der Waals surface area contributed by atoms with Gasteiger partial charge in [0.25, 0.3) is 5.91 Å². The summed E-state index contributed by atoms with van der Waals surface area (Å²) >= 11 is 5.74. The van der Waals surface area contributed by atoms with Crippen molar-refractivity contribution in [2.75, 3.05) is 11.9 Å². The van der Waals surface area contributed by atoms with E-state index < -0.39 is 11.7 Å². The van der Waals surface area contributed by atoms with Crippen LogP contribution in [0, 0.1) is 0 Å². The largest absolute Gasteiger partial charge is 0.416 e. The van der Waals surface area contributed by atoms with Gasteiger partial charge in [0, 0.05) is 29.2 Å². The number of carbonyl (C=O) groups excluding carboxylic acids is 2. The summed E-state index contributed by atoms with van der Waals surface area (Å²) in [7, 11) is 0. The monoisotopic (exact) mass is 384 g/mol. The van der Waals surface area contributed by atoms with E-state index in [4.69, 9.17) is 11.6 Å². The molecule has 26 heavy (non-hydrogen) atoms. The lowest BCUT2D eigenvalue weighted by atomic mass is 10.2. The quantitative estimate of drug-likeness (QED) is 0.720. The molecule has 0 saturated carbocycles. The van der Waals surface area contributed by atoms with E-state index in [9.17, 15) is 22.8 Å². The van der Waals surface area contributed by atoms with Gasteiger partial charge in [-0.2, -0.15) is 13.2 Å². The first kappa shape index (κ1) is 19.8. The molecule has 8 heteroatoms. The van der Waals surface area contributed by atoms with Gasteiger partial charge < -0.3 is 10.6 Å². The molecule has 0 aliphatic carbocycles. The molecule has 2 rings (SSSR count). The molecule has 0 aliphatic rings. The van der Waals surface area contributed by atoms with Crippen molar-refractivity contribution < 1.29 is 22.8 Å². The van der Waals surface area contributed by atoms with Crippen molar-refractivity contribution in [3.05, 3.63) is 64.7 Å². The first-order valence-electron chi connectivity index (χ1n) is 7.76. The molecule has 0 bridgehead atoms. The highest BCUT2D eigenvalue weighted by Gasteiger charge is 2.29. The fourth-order valence-electron chi connectivity index (χ4n) is 2.12. The van der Waals surface area contributed by atoms with Gasteiger partial charge in [-0.3, -0.25) is 9.59 Å². The van der Waals surface area contributed by atoms with Gasteiger partial charge in [0.15, 0.2) is 0 Å². The van der Waals surface area contributed by atoms with E-state index in [0.29, 0.717) is 23.6 Å². The van der Waals surface area contributed by atoms with E-state index in [1.807, 2.05) is 0 Å². The Hall–Kier alpha value is -2.54. The summed E-state index contributed by atoms with van der Waals surface area (Å²) in [5.41, 5.74) is -0.0304. The van der Waals surface area contributed by atoms with Crippen LogP contribution in [0.2, 0.25) is 5.02 Å². The van der Waals surface area contributed by atoms with Crippen LogP contribution in [0.3, 0.4) is 0 Å². The second-order valence-corrected chi connectivity index (χ2v) is 5.93. The molecule has 0 spiro atoms. The molecule has 2 N–H and O–H groups in total. The number of nitrogens with one attached hydrogen (secondary N) is 2. The zero-order valence-corrected chi connectivity index (χ0v) is 14.3. The van der Waals surface area contributed by atoms with Crippen molar-refractivity contribution in [2.45, 2.75) is 19.0 Å². The van der Waals surface area contributed by atoms with Crippen LogP contribution in [0.25, 0.3) is 0 Å². The fraction of sp³-hybridized carbons (Fsp3) is 0.222. The van der Waals surface area contributed by atoms with Crippen LogP contribution in [0.1, 0.15) is 28.8 Å². The summed E-state index contributed by atoms with van der Waals surface area (Å²) in [4.78, 5) is 23.6. The standard InChI is InChI=1S/C18H16ClF3N2O2/c19-14-7-3-12(4-8-14)17(26)23-11-1-2-16(25)24-15-9-5-13(6-10-15)18(20,21)22/h3-10H,1-2,11H2,(H,23,26)(H,24,25). The number of halogens is 4. The third-order valence-electron chi connectivity index (χ3n) is 3.47. The third-order valence-corrected chi connectivity index (χ3v) is 3.72. The second kappa shape index (κ2) is 8.71. The van der Waals surface area contributed by atoms with Gasteiger partial charge in [0.1, 0.15) is 0 Å². The number of rotatable bonds is 6. The molecule has 0 fully saturated rings. The average Bonchev–Trinajstić information content (AvgIpc) is 2.59. The van der Waals surface area contributed by atoms with Crippen molar-refractivity contribution in [3.8, 4) is 0 Å². The molecular weight excluding hydrogens is 369 g/mol. The maximum absolute atomic E-state index is 12.5. The Kier molecular flexibility index (Phi) is 6.63. The highest BCUT2D eigenvalue weighted by atomic mass is 35.5. The minimum absolute atomic E-state index is 0.127.